The van der Waals surface area contributed by atoms with Crippen molar-refractivity contribution in [2.75, 3.05) is 32.2 Å². The molecule has 202 valence electrons. The molecule has 1 amide bonds. The Kier molecular flexibility index (Phi) is 11.5. The Bertz CT molecular complexity index is 1030. The van der Waals surface area contributed by atoms with Gasteiger partial charge in [-0.05, 0) is 75.6 Å². The highest BCUT2D eigenvalue weighted by molar-refractivity contribution is 8.13. The maximum atomic E-state index is 12.9. The Balaban J connectivity index is 1.95. The van der Waals surface area contributed by atoms with Crippen LogP contribution in [0.5, 0.6) is 0 Å². The summed E-state index contributed by atoms with van der Waals surface area (Å²) >= 11 is 2.64. The second-order valence-electron chi connectivity index (χ2n) is 9.26. The van der Waals surface area contributed by atoms with E-state index >= 15 is 0 Å². The number of methoxy groups -OCH3 is 1. The van der Waals surface area contributed by atoms with Gasteiger partial charge < -0.3 is 20.1 Å². The normalized spacial score (nSPS) is 18.9. The van der Waals surface area contributed by atoms with Crippen LogP contribution in [0.3, 0.4) is 0 Å². The molecule has 1 saturated heterocycles. The predicted molar refractivity (Wildman–Crippen MR) is 142 cm³/mol. The number of thioether (sulfide) groups is 2. The molecule has 1 aliphatic rings. The fraction of sp³-hybridized carbons (Fsp3) is 0.609. The molecule has 1 aromatic rings. The molecule has 1 aromatic carbocycles. The Hall–Kier alpha value is -1.80. The van der Waals surface area contributed by atoms with Crippen LogP contribution in [-0.4, -0.2) is 80.7 Å². The minimum Gasteiger partial charge on any atom is -0.467 e. The van der Waals surface area contributed by atoms with E-state index in [1.165, 1.54) is 43.1 Å². The van der Waals surface area contributed by atoms with Crippen molar-refractivity contribution in [1.29, 1.82) is 0 Å². The van der Waals surface area contributed by atoms with Crippen LogP contribution in [0.25, 0.3) is 0 Å². The number of sulfonamides is 1. The second kappa shape index (κ2) is 13.7. The van der Waals surface area contributed by atoms with Crippen molar-refractivity contribution in [2.45, 2.75) is 61.4 Å². The topological polar surface area (TPSA) is 140 Å². The number of nitrogens with one attached hydrogen (secondary N) is 3. The zero-order chi connectivity index (χ0) is 26.9. The summed E-state index contributed by atoms with van der Waals surface area (Å²) in [5, 5.41) is 5.46. The molecule has 1 aliphatic heterocycles. The molecule has 0 aromatic heterocycles. The van der Waals surface area contributed by atoms with Crippen molar-refractivity contribution in [1.82, 2.24) is 15.4 Å². The number of carbonyl (C=O) groups excluding carboxylic acids is 3. The molecule has 0 radical (unpaired) electrons. The minimum absolute atomic E-state index is 0.0183. The molecule has 3 atom stereocenters. The third kappa shape index (κ3) is 9.92. The van der Waals surface area contributed by atoms with E-state index in [0.29, 0.717) is 25.1 Å². The SMILES string of the molecule is COC(=O)[C@H](CCSC)NC(=O)c1cccc(S(=O)(=O)NC[C@@H]2C[C@H](SC(=O)OC(C)(C)C)CN2)c1. The van der Waals surface area contributed by atoms with Crippen molar-refractivity contribution in [3.63, 3.8) is 0 Å². The molecule has 13 heteroatoms. The summed E-state index contributed by atoms with van der Waals surface area (Å²) in [7, 11) is -2.65. The highest BCUT2D eigenvalue weighted by Crippen LogP contribution is 2.25. The van der Waals surface area contributed by atoms with E-state index in [0.717, 1.165) is 11.8 Å². The third-order valence-corrected chi connectivity index (χ3v) is 8.20. The molecule has 3 N–H and O–H groups in total. The zero-order valence-corrected chi connectivity index (χ0v) is 23.6. The lowest BCUT2D eigenvalue weighted by Gasteiger charge is -2.20. The lowest BCUT2D eigenvalue weighted by molar-refractivity contribution is -0.142. The third-order valence-electron chi connectivity index (χ3n) is 5.16. The first kappa shape index (κ1) is 30.4. The maximum Gasteiger partial charge on any atom is 0.368 e. The van der Waals surface area contributed by atoms with Crippen molar-refractivity contribution < 1.29 is 32.3 Å². The van der Waals surface area contributed by atoms with Crippen molar-refractivity contribution in [2.24, 2.45) is 0 Å². The highest BCUT2D eigenvalue weighted by Gasteiger charge is 2.30. The van der Waals surface area contributed by atoms with Crippen LogP contribution in [0.2, 0.25) is 0 Å². The van der Waals surface area contributed by atoms with E-state index in [1.54, 1.807) is 20.8 Å². The summed E-state index contributed by atoms with van der Waals surface area (Å²) in [4.78, 5) is 36.6. The Morgan fingerprint density at radius 3 is 2.61 bits per heavy atom. The molecule has 36 heavy (non-hydrogen) atoms. The van der Waals surface area contributed by atoms with Crippen LogP contribution in [0, 0.1) is 0 Å². The molecular weight excluding hydrogens is 526 g/mol. The number of esters is 1. The number of benzene rings is 1. The quantitative estimate of drug-likeness (QED) is 0.345. The first-order chi connectivity index (χ1) is 16.8. The lowest BCUT2D eigenvalue weighted by atomic mass is 10.1. The summed E-state index contributed by atoms with van der Waals surface area (Å²) in [6.45, 7) is 6.10. The fourth-order valence-electron chi connectivity index (χ4n) is 3.40. The number of hydrogen-bond donors (Lipinski definition) is 3. The number of hydrogen-bond acceptors (Lipinski definition) is 10. The molecule has 0 aliphatic carbocycles. The van der Waals surface area contributed by atoms with Gasteiger partial charge in [0.05, 0.1) is 12.0 Å². The molecule has 10 nitrogen and oxygen atoms in total. The van der Waals surface area contributed by atoms with E-state index in [9.17, 15) is 22.8 Å². The Morgan fingerprint density at radius 1 is 1.25 bits per heavy atom. The highest BCUT2D eigenvalue weighted by atomic mass is 32.2. The average Bonchev–Trinajstić information content (AvgIpc) is 3.25. The van der Waals surface area contributed by atoms with Gasteiger partial charge >= 0.3 is 11.3 Å². The van der Waals surface area contributed by atoms with E-state index in [1.807, 2.05) is 6.26 Å². The van der Waals surface area contributed by atoms with Crippen LogP contribution < -0.4 is 15.4 Å². The molecule has 0 saturated carbocycles. The van der Waals surface area contributed by atoms with Gasteiger partial charge in [0.1, 0.15) is 11.6 Å². The van der Waals surface area contributed by atoms with Gasteiger partial charge in [0.2, 0.25) is 10.0 Å². The van der Waals surface area contributed by atoms with Crippen molar-refractivity contribution in [3.05, 3.63) is 29.8 Å². The Labute approximate surface area is 221 Å². The standard InChI is InChI=1S/C23H35N3O7S3/c1-23(2,3)33-22(29)35-17-12-16(24-14-17)13-25-36(30,31)18-8-6-7-15(11-18)20(27)26-19(9-10-34-5)21(28)32-4/h6-8,11,16-17,19,24-25H,9-10,12-14H2,1-5H3,(H,26,27)/t16-,17-,19-/m0/s1. The van der Waals surface area contributed by atoms with Gasteiger partial charge in [-0.2, -0.15) is 11.8 Å². The Morgan fingerprint density at radius 2 is 1.97 bits per heavy atom. The monoisotopic (exact) mass is 561 g/mol. The van der Waals surface area contributed by atoms with Gasteiger partial charge in [0, 0.05) is 29.9 Å². The first-order valence-electron chi connectivity index (χ1n) is 11.4. The summed E-state index contributed by atoms with van der Waals surface area (Å²) in [5.74, 6) is -0.483. The molecule has 0 unspecified atom stereocenters. The van der Waals surface area contributed by atoms with Gasteiger partial charge in [-0.15, -0.1) is 0 Å². The zero-order valence-electron chi connectivity index (χ0n) is 21.2. The number of rotatable bonds is 11. The maximum absolute atomic E-state index is 12.9. The van der Waals surface area contributed by atoms with E-state index in [4.69, 9.17) is 9.47 Å². The number of carbonyl (C=O) groups is 3. The van der Waals surface area contributed by atoms with Crippen LogP contribution in [0.15, 0.2) is 29.2 Å². The smallest absolute Gasteiger partial charge is 0.368 e. The lowest BCUT2D eigenvalue weighted by Crippen LogP contribution is -2.42. The van der Waals surface area contributed by atoms with E-state index in [2.05, 4.69) is 15.4 Å². The van der Waals surface area contributed by atoms with Crippen LogP contribution >= 0.6 is 23.5 Å². The summed E-state index contributed by atoms with van der Waals surface area (Å²) < 4.78 is 38.4. The van der Waals surface area contributed by atoms with Gasteiger partial charge in [0.25, 0.3) is 5.91 Å². The van der Waals surface area contributed by atoms with Crippen molar-refractivity contribution >= 4 is 50.7 Å². The summed E-state index contributed by atoms with van der Waals surface area (Å²) in [6.07, 6.45) is 2.87. The molecule has 0 spiro atoms. The van der Waals surface area contributed by atoms with E-state index in [-0.39, 0.29) is 33.6 Å². The van der Waals surface area contributed by atoms with Crippen LogP contribution in [0.1, 0.15) is 44.0 Å². The molecule has 1 fully saturated rings. The largest absolute Gasteiger partial charge is 0.467 e. The van der Waals surface area contributed by atoms with Crippen LogP contribution in [0.4, 0.5) is 4.79 Å². The van der Waals surface area contributed by atoms with Gasteiger partial charge in [0.15, 0.2) is 0 Å². The minimum atomic E-state index is -3.90. The second-order valence-corrected chi connectivity index (χ2v) is 13.2. The number of ether oxygens (including phenoxy) is 2. The fourth-order valence-corrected chi connectivity index (χ4v) is 6.08. The molecule has 1 heterocycles. The van der Waals surface area contributed by atoms with Gasteiger partial charge in [-0.1, -0.05) is 6.07 Å². The van der Waals surface area contributed by atoms with Crippen molar-refractivity contribution in [3.8, 4) is 0 Å². The first-order valence-corrected chi connectivity index (χ1v) is 15.2. The van der Waals surface area contributed by atoms with E-state index < -0.39 is 33.5 Å². The molecule has 2 rings (SSSR count). The van der Waals surface area contributed by atoms with Crippen LogP contribution in [-0.2, 0) is 24.3 Å². The predicted octanol–water partition coefficient (Wildman–Crippen LogP) is 2.39. The van der Waals surface area contributed by atoms with Gasteiger partial charge in [-0.25, -0.2) is 22.7 Å². The molecular formula is C23H35N3O7S3. The molecule has 0 bridgehead atoms. The van der Waals surface area contributed by atoms with Gasteiger partial charge in [-0.3, -0.25) is 4.79 Å². The number of amides is 1. The average molecular weight is 562 g/mol. The summed E-state index contributed by atoms with van der Waals surface area (Å²) in [6, 6.07) is 4.64. The summed E-state index contributed by atoms with van der Waals surface area (Å²) in [5.41, 5.74) is -0.450.